The van der Waals surface area contributed by atoms with E-state index in [1.54, 1.807) is 4.90 Å². The van der Waals surface area contributed by atoms with E-state index in [1.807, 2.05) is 50.4 Å². The van der Waals surface area contributed by atoms with Crippen molar-refractivity contribution < 1.29 is 14.3 Å². The number of rotatable bonds is 8. The van der Waals surface area contributed by atoms with Gasteiger partial charge in [0.1, 0.15) is 5.75 Å². The van der Waals surface area contributed by atoms with Crippen LogP contribution in [0.3, 0.4) is 0 Å². The molecule has 1 fully saturated rings. The predicted molar refractivity (Wildman–Crippen MR) is 145 cm³/mol. The van der Waals surface area contributed by atoms with Crippen LogP contribution in [0.1, 0.15) is 60.0 Å². The molecule has 2 aliphatic rings. The minimum absolute atomic E-state index is 0.0372. The zero-order valence-electron chi connectivity index (χ0n) is 22.0. The fourth-order valence-electron chi connectivity index (χ4n) is 5.32. The number of amides is 2. The Balaban J connectivity index is 1.41. The number of carbonyl (C=O) groups is 2. The highest BCUT2D eigenvalue weighted by Gasteiger charge is 2.39. The van der Waals surface area contributed by atoms with E-state index in [4.69, 9.17) is 4.74 Å². The number of benzene rings is 3. The number of aryl methyl sites for hydroxylation is 1. The van der Waals surface area contributed by atoms with Gasteiger partial charge in [-0.2, -0.15) is 0 Å². The Labute approximate surface area is 220 Å². The van der Waals surface area contributed by atoms with Crippen LogP contribution in [0, 0.1) is 12.8 Å². The van der Waals surface area contributed by atoms with Gasteiger partial charge in [0, 0.05) is 26.1 Å². The Morgan fingerprint density at radius 3 is 2.51 bits per heavy atom. The van der Waals surface area contributed by atoms with Crippen molar-refractivity contribution in [3.05, 3.63) is 101 Å². The van der Waals surface area contributed by atoms with Crippen LogP contribution in [0.5, 0.6) is 5.75 Å². The first kappa shape index (κ1) is 25.1. The van der Waals surface area contributed by atoms with E-state index in [0.717, 1.165) is 42.5 Å². The molecule has 0 N–H and O–H groups in total. The van der Waals surface area contributed by atoms with Crippen LogP contribution in [0.15, 0.2) is 72.8 Å². The van der Waals surface area contributed by atoms with Crippen LogP contribution in [-0.2, 0) is 22.6 Å². The number of fused-ring (bicyclic) bond motifs is 1. The minimum atomic E-state index is -0.572. The van der Waals surface area contributed by atoms with Crippen molar-refractivity contribution >= 4 is 11.8 Å². The molecule has 0 unspecified atom stereocenters. The van der Waals surface area contributed by atoms with Gasteiger partial charge in [0.25, 0.3) is 5.91 Å². The molecule has 2 amide bonds. The van der Waals surface area contributed by atoms with Crippen LogP contribution < -0.4 is 4.74 Å². The number of likely N-dealkylation sites (N-methyl/N-ethyl adjacent to an activating group) is 1. The number of carbonyl (C=O) groups excluding carboxylic acids is 2. The molecule has 2 atom stereocenters. The van der Waals surface area contributed by atoms with Crippen molar-refractivity contribution in [3.8, 4) is 5.75 Å². The summed E-state index contributed by atoms with van der Waals surface area (Å²) >= 11 is 0. The monoisotopic (exact) mass is 496 g/mol. The minimum Gasteiger partial charge on any atom is -0.481 e. The van der Waals surface area contributed by atoms with Crippen molar-refractivity contribution in [2.45, 2.75) is 58.2 Å². The third-order valence-corrected chi connectivity index (χ3v) is 7.48. The van der Waals surface area contributed by atoms with E-state index in [-0.39, 0.29) is 23.8 Å². The first-order valence-electron chi connectivity index (χ1n) is 13.4. The summed E-state index contributed by atoms with van der Waals surface area (Å²) in [5, 5.41) is 0. The summed E-state index contributed by atoms with van der Waals surface area (Å²) in [4.78, 5) is 30.4. The van der Waals surface area contributed by atoms with E-state index in [9.17, 15) is 9.59 Å². The maximum Gasteiger partial charge on any atom is 0.263 e. The second kappa shape index (κ2) is 10.8. The van der Waals surface area contributed by atoms with E-state index >= 15 is 0 Å². The highest BCUT2D eigenvalue weighted by Crippen LogP contribution is 2.41. The number of ether oxygens (including phenoxy) is 1. The standard InChI is InChI=1S/C32H36N2O3/c1-4-29(32(36)33(3)21-23-10-6-5-7-11-23)37-27-16-15-24-17-18-34(31(35)25-13-14-25)30(28(24)20-27)26-12-8-9-22(2)19-26/h5-12,15-16,19-20,25,29-30H,4,13-14,17-18,21H2,1-3H3/t29-,30-/m1/s1. The molecule has 5 heteroatoms. The molecule has 3 aromatic carbocycles. The molecule has 3 aromatic rings. The molecular formula is C32H36N2O3. The van der Waals surface area contributed by atoms with E-state index in [1.165, 1.54) is 11.1 Å². The maximum atomic E-state index is 13.3. The summed E-state index contributed by atoms with van der Waals surface area (Å²) < 4.78 is 6.32. The van der Waals surface area contributed by atoms with Gasteiger partial charge < -0.3 is 14.5 Å². The normalized spacial score (nSPS) is 17.6. The summed E-state index contributed by atoms with van der Waals surface area (Å²) in [7, 11) is 1.82. The summed E-state index contributed by atoms with van der Waals surface area (Å²) in [6.45, 7) is 5.32. The SMILES string of the molecule is CC[C@@H](Oc1ccc2c(c1)[C@@H](c1cccc(C)c1)N(C(=O)C1CC1)CC2)C(=O)N(C)Cc1ccccc1. The largest absolute Gasteiger partial charge is 0.481 e. The fraction of sp³-hybridized carbons (Fsp3) is 0.375. The van der Waals surface area contributed by atoms with Gasteiger partial charge in [-0.25, -0.2) is 0 Å². The van der Waals surface area contributed by atoms with Gasteiger partial charge in [0.15, 0.2) is 6.10 Å². The molecule has 1 aliphatic heterocycles. The molecule has 0 spiro atoms. The third kappa shape index (κ3) is 5.56. The first-order chi connectivity index (χ1) is 17.9. The molecule has 5 rings (SSSR count). The summed E-state index contributed by atoms with van der Waals surface area (Å²) in [6, 6.07) is 24.4. The Kier molecular flexibility index (Phi) is 7.31. The predicted octanol–water partition coefficient (Wildman–Crippen LogP) is 5.70. The van der Waals surface area contributed by atoms with E-state index < -0.39 is 6.10 Å². The Hall–Kier alpha value is -3.60. The first-order valence-corrected chi connectivity index (χ1v) is 13.4. The van der Waals surface area contributed by atoms with Gasteiger partial charge >= 0.3 is 0 Å². The average Bonchev–Trinajstić information content (AvgIpc) is 3.76. The van der Waals surface area contributed by atoms with Gasteiger partial charge in [-0.15, -0.1) is 0 Å². The summed E-state index contributed by atoms with van der Waals surface area (Å²) in [6.07, 6.45) is 2.80. The van der Waals surface area contributed by atoms with E-state index in [0.29, 0.717) is 18.7 Å². The molecule has 1 heterocycles. The Morgan fingerprint density at radius 2 is 1.81 bits per heavy atom. The van der Waals surface area contributed by atoms with Crippen molar-refractivity contribution in [2.75, 3.05) is 13.6 Å². The van der Waals surface area contributed by atoms with Crippen LogP contribution in [0.25, 0.3) is 0 Å². The summed E-state index contributed by atoms with van der Waals surface area (Å²) in [5.41, 5.74) is 5.72. The highest BCUT2D eigenvalue weighted by atomic mass is 16.5. The van der Waals surface area contributed by atoms with Gasteiger partial charge in [-0.3, -0.25) is 9.59 Å². The van der Waals surface area contributed by atoms with Gasteiger partial charge in [0.2, 0.25) is 5.91 Å². The summed E-state index contributed by atoms with van der Waals surface area (Å²) in [5.74, 6) is 1.05. The van der Waals surface area contributed by atoms with Crippen molar-refractivity contribution in [3.63, 3.8) is 0 Å². The van der Waals surface area contributed by atoms with Crippen molar-refractivity contribution in [1.29, 1.82) is 0 Å². The van der Waals surface area contributed by atoms with Crippen LogP contribution in [-0.4, -0.2) is 41.3 Å². The highest BCUT2D eigenvalue weighted by molar-refractivity contribution is 5.82. The van der Waals surface area contributed by atoms with E-state index in [2.05, 4.69) is 48.2 Å². The lowest BCUT2D eigenvalue weighted by Crippen LogP contribution is -2.41. The average molecular weight is 497 g/mol. The zero-order chi connectivity index (χ0) is 25.9. The molecule has 37 heavy (non-hydrogen) atoms. The van der Waals surface area contributed by atoms with Crippen LogP contribution >= 0.6 is 0 Å². The molecule has 0 radical (unpaired) electrons. The van der Waals surface area contributed by atoms with Crippen molar-refractivity contribution in [2.24, 2.45) is 5.92 Å². The molecule has 0 bridgehead atoms. The van der Waals surface area contributed by atoms with Crippen LogP contribution in [0.4, 0.5) is 0 Å². The van der Waals surface area contributed by atoms with Gasteiger partial charge in [0.05, 0.1) is 6.04 Å². The zero-order valence-corrected chi connectivity index (χ0v) is 22.0. The second-order valence-corrected chi connectivity index (χ2v) is 10.4. The quantitative estimate of drug-likeness (QED) is 0.402. The van der Waals surface area contributed by atoms with Crippen LogP contribution in [0.2, 0.25) is 0 Å². The lowest BCUT2D eigenvalue weighted by atomic mass is 9.87. The Bertz CT molecular complexity index is 1270. The molecular weight excluding hydrogens is 460 g/mol. The lowest BCUT2D eigenvalue weighted by molar-refractivity contribution is -0.138. The van der Waals surface area contributed by atoms with Crippen molar-refractivity contribution in [1.82, 2.24) is 9.80 Å². The second-order valence-electron chi connectivity index (χ2n) is 10.4. The topological polar surface area (TPSA) is 49.9 Å². The molecule has 0 aromatic heterocycles. The smallest absolute Gasteiger partial charge is 0.263 e. The molecule has 0 saturated heterocycles. The third-order valence-electron chi connectivity index (χ3n) is 7.48. The molecule has 1 aliphatic carbocycles. The molecule has 5 nitrogen and oxygen atoms in total. The number of hydrogen-bond donors (Lipinski definition) is 0. The lowest BCUT2D eigenvalue weighted by Gasteiger charge is -2.38. The number of nitrogens with zero attached hydrogens (tertiary/aromatic N) is 2. The number of hydrogen-bond acceptors (Lipinski definition) is 3. The van der Waals surface area contributed by atoms with Gasteiger partial charge in [-0.05, 0) is 67.0 Å². The van der Waals surface area contributed by atoms with Gasteiger partial charge in [-0.1, -0.05) is 73.2 Å². The maximum absolute atomic E-state index is 13.3. The molecule has 1 saturated carbocycles. The Morgan fingerprint density at radius 1 is 1.03 bits per heavy atom. The fourth-order valence-corrected chi connectivity index (χ4v) is 5.32. The molecule has 192 valence electrons.